The van der Waals surface area contributed by atoms with Crippen LogP contribution in [0.15, 0.2) is 24.3 Å². The quantitative estimate of drug-likeness (QED) is 0.611. The Morgan fingerprint density at radius 1 is 1.41 bits per heavy atom. The molecule has 1 fully saturated rings. The topological polar surface area (TPSA) is 99.0 Å². The summed E-state index contributed by atoms with van der Waals surface area (Å²) in [5, 5.41) is 10.6. The van der Waals surface area contributed by atoms with Gasteiger partial charge < -0.3 is 4.74 Å². The van der Waals surface area contributed by atoms with Crippen molar-refractivity contribution in [2.75, 3.05) is 6.54 Å². The third-order valence-electron chi connectivity index (χ3n) is 2.78. The number of nitro benzene ring substituents is 1. The van der Waals surface area contributed by atoms with Crippen LogP contribution in [0.25, 0.3) is 0 Å². The highest BCUT2D eigenvalue weighted by atomic mass is 32.2. The molecule has 0 aromatic heterocycles. The van der Waals surface area contributed by atoms with Crippen LogP contribution in [0.3, 0.4) is 0 Å². The maximum Gasteiger partial charge on any atom is 0.424 e. The monoisotopic (exact) mass is 328 g/mol. The number of nitrogens with zero attached hydrogens (tertiary/aromatic N) is 2. The molecule has 120 valence electrons. The fraction of sp³-hybridized carbons (Fsp3) is 0.462. The Morgan fingerprint density at radius 2 is 2.00 bits per heavy atom. The van der Waals surface area contributed by atoms with Gasteiger partial charge in [0.25, 0.3) is 17.0 Å². The van der Waals surface area contributed by atoms with Crippen molar-refractivity contribution < 1.29 is 22.8 Å². The molecule has 1 aromatic rings. The largest absolute Gasteiger partial charge is 0.443 e. The van der Waals surface area contributed by atoms with Crippen molar-refractivity contribution in [3.05, 3.63) is 39.9 Å². The highest BCUT2D eigenvalue weighted by Crippen LogP contribution is 2.30. The molecule has 8 nitrogen and oxygen atoms in total. The van der Waals surface area contributed by atoms with Crippen LogP contribution in [0.1, 0.15) is 32.4 Å². The Morgan fingerprint density at radius 3 is 2.50 bits per heavy atom. The normalized spacial score (nSPS) is 21.7. The van der Waals surface area contributed by atoms with Gasteiger partial charge in [-0.15, -0.1) is 0 Å². The van der Waals surface area contributed by atoms with Crippen molar-refractivity contribution in [3.63, 3.8) is 0 Å². The van der Waals surface area contributed by atoms with Crippen LogP contribution in [0.5, 0.6) is 0 Å². The Bertz CT molecular complexity index is 610. The maximum atomic E-state index is 11.9. The van der Waals surface area contributed by atoms with Crippen molar-refractivity contribution >= 4 is 23.0 Å². The third kappa shape index (κ3) is 3.80. The molecule has 0 bridgehead atoms. The molecular formula is C13H16N2O6S. The van der Waals surface area contributed by atoms with Crippen molar-refractivity contribution in [2.24, 2.45) is 0 Å². The summed E-state index contributed by atoms with van der Waals surface area (Å²) in [5.41, 5.74) is -0.149. The molecule has 22 heavy (non-hydrogen) atoms. The van der Waals surface area contributed by atoms with E-state index in [9.17, 15) is 19.1 Å². The first-order valence-electron chi connectivity index (χ1n) is 6.51. The number of amides is 1. The van der Waals surface area contributed by atoms with Gasteiger partial charge in [-0.1, -0.05) is 0 Å². The van der Waals surface area contributed by atoms with E-state index in [0.717, 1.165) is 4.31 Å². The number of hydrogen-bond acceptors (Lipinski definition) is 6. The molecule has 0 saturated carbocycles. The van der Waals surface area contributed by atoms with Gasteiger partial charge in [-0.3, -0.25) is 14.3 Å². The van der Waals surface area contributed by atoms with Crippen LogP contribution in [0, 0.1) is 10.1 Å². The van der Waals surface area contributed by atoms with E-state index in [0.29, 0.717) is 5.56 Å². The van der Waals surface area contributed by atoms with Crippen molar-refractivity contribution in [3.8, 4) is 0 Å². The zero-order valence-electron chi connectivity index (χ0n) is 12.3. The number of non-ortho nitro benzene ring substituents is 1. The minimum absolute atomic E-state index is 0.0492. The molecule has 1 aliphatic rings. The number of carbonyl (C=O) groups is 1. The van der Waals surface area contributed by atoms with Gasteiger partial charge in [0.1, 0.15) is 11.7 Å². The molecule has 0 aliphatic carbocycles. The molecule has 1 amide bonds. The Hall–Kier alpha value is -2.00. The van der Waals surface area contributed by atoms with Gasteiger partial charge in [0.2, 0.25) is 0 Å². The number of ether oxygens (including phenoxy) is 1. The smallest absolute Gasteiger partial charge is 0.424 e. The lowest BCUT2D eigenvalue weighted by Crippen LogP contribution is -2.35. The Kier molecular flexibility index (Phi) is 4.47. The van der Waals surface area contributed by atoms with Gasteiger partial charge in [-0.2, -0.15) is 4.31 Å². The Labute approximate surface area is 130 Å². The fourth-order valence-electron chi connectivity index (χ4n) is 1.81. The van der Waals surface area contributed by atoms with E-state index in [-0.39, 0.29) is 12.2 Å². The second-order valence-electron chi connectivity index (χ2n) is 5.69. The van der Waals surface area contributed by atoms with Gasteiger partial charge in [-0.05, 0) is 38.5 Å². The van der Waals surface area contributed by atoms with Crippen LogP contribution in [-0.4, -0.2) is 31.7 Å². The molecular weight excluding hydrogens is 312 g/mol. The first-order chi connectivity index (χ1) is 10.2. The minimum Gasteiger partial charge on any atom is -0.443 e. The molecule has 1 aromatic carbocycles. The SMILES string of the molecule is CC(C)(C)OC(=O)N1CC(c2ccc([N+](=O)[O-])cc2)OS1=O. The van der Waals surface area contributed by atoms with Gasteiger partial charge in [0, 0.05) is 12.1 Å². The average molecular weight is 328 g/mol. The Balaban J connectivity index is 2.08. The molecule has 1 saturated heterocycles. The van der Waals surface area contributed by atoms with Crippen LogP contribution in [0.4, 0.5) is 10.5 Å². The summed E-state index contributed by atoms with van der Waals surface area (Å²) in [6.45, 7) is 5.18. The summed E-state index contributed by atoms with van der Waals surface area (Å²) >= 11 is -1.95. The van der Waals surface area contributed by atoms with Crippen LogP contribution in [0.2, 0.25) is 0 Å². The predicted molar refractivity (Wildman–Crippen MR) is 78.0 cm³/mol. The van der Waals surface area contributed by atoms with E-state index in [1.165, 1.54) is 24.3 Å². The summed E-state index contributed by atoms with van der Waals surface area (Å²) < 4.78 is 23.2. The van der Waals surface area contributed by atoms with E-state index in [1.807, 2.05) is 0 Å². The lowest BCUT2D eigenvalue weighted by Gasteiger charge is -2.22. The standard InChI is InChI=1S/C13H16N2O6S/c1-13(2,3)20-12(16)14-8-11(21-22(14)19)9-4-6-10(7-5-9)15(17)18/h4-7,11H,8H2,1-3H3. The molecule has 2 rings (SSSR count). The summed E-state index contributed by atoms with van der Waals surface area (Å²) in [4.78, 5) is 22.0. The van der Waals surface area contributed by atoms with Gasteiger partial charge >= 0.3 is 6.09 Å². The van der Waals surface area contributed by atoms with E-state index in [4.69, 9.17) is 8.92 Å². The number of nitro groups is 1. The maximum absolute atomic E-state index is 11.9. The zero-order chi connectivity index (χ0) is 16.5. The molecule has 0 spiro atoms. The molecule has 2 unspecified atom stereocenters. The summed E-state index contributed by atoms with van der Waals surface area (Å²) in [6.07, 6.45) is -1.34. The first-order valence-corrected chi connectivity index (χ1v) is 7.54. The number of benzene rings is 1. The van der Waals surface area contributed by atoms with Gasteiger partial charge in [0.05, 0.1) is 11.5 Å². The third-order valence-corrected chi connectivity index (χ3v) is 3.84. The lowest BCUT2D eigenvalue weighted by molar-refractivity contribution is -0.384. The average Bonchev–Trinajstić information content (AvgIpc) is 2.79. The van der Waals surface area contributed by atoms with Gasteiger partial charge in [-0.25, -0.2) is 9.00 Å². The summed E-state index contributed by atoms with van der Waals surface area (Å²) in [5.74, 6) is 0. The predicted octanol–water partition coefficient (Wildman–Crippen LogP) is 2.48. The summed E-state index contributed by atoms with van der Waals surface area (Å²) in [6, 6.07) is 5.69. The lowest BCUT2D eigenvalue weighted by atomic mass is 10.1. The second-order valence-corrected chi connectivity index (χ2v) is 6.76. The van der Waals surface area contributed by atoms with E-state index >= 15 is 0 Å². The minimum atomic E-state index is -1.95. The first kappa shape index (κ1) is 16.4. The van der Waals surface area contributed by atoms with Crippen LogP contribution < -0.4 is 0 Å². The number of carbonyl (C=O) groups excluding carboxylic acids is 1. The van der Waals surface area contributed by atoms with Crippen LogP contribution in [-0.2, 0) is 20.2 Å². The second kappa shape index (κ2) is 6.01. The highest BCUT2D eigenvalue weighted by Gasteiger charge is 2.37. The molecule has 0 N–H and O–H groups in total. The molecule has 0 radical (unpaired) electrons. The zero-order valence-corrected chi connectivity index (χ0v) is 13.2. The van der Waals surface area contributed by atoms with Crippen LogP contribution >= 0.6 is 0 Å². The van der Waals surface area contributed by atoms with E-state index < -0.39 is 34.0 Å². The van der Waals surface area contributed by atoms with E-state index in [2.05, 4.69) is 0 Å². The molecule has 1 heterocycles. The fourth-order valence-corrected chi connectivity index (χ4v) is 2.70. The van der Waals surface area contributed by atoms with Gasteiger partial charge in [0.15, 0.2) is 0 Å². The molecule has 9 heteroatoms. The highest BCUT2D eigenvalue weighted by molar-refractivity contribution is 7.78. The van der Waals surface area contributed by atoms with E-state index in [1.54, 1.807) is 20.8 Å². The van der Waals surface area contributed by atoms with Crippen molar-refractivity contribution in [1.29, 1.82) is 0 Å². The summed E-state index contributed by atoms with van der Waals surface area (Å²) in [7, 11) is 0. The van der Waals surface area contributed by atoms with Crippen molar-refractivity contribution in [1.82, 2.24) is 4.31 Å². The number of hydrogen-bond donors (Lipinski definition) is 0. The molecule has 2 atom stereocenters. The molecule has 1 aliphatic heterocycles. The number of rotatable bonds is 2. The van der Waals surface area contributed by atoms with Crippen molar-refractivity contribution in [2.45, 2.75) is 32.5 Å².